The molecule has 0 aliphatic carbocycles. The summed E-state index contributed by atoms with van der Waals surface area (Å²) in [6.07, 6.45) is 0. The summed E-state index contributed by atoms with van der Waals surface area (Å²) in [5.74, 6) is -0.683. The summed E-state index contributed by atoms with van der Waals surface area (Å²) in [7, 11) is 1.47. The molecule has 3 rings (SSSR count). The largest absolute Gasteiger partial charge is 0.495 e. The Balaban J connectivity index is 1.55. The molecule has 0 aromatic heterocycles. The van der Waals surface area contributed by atoms with E-state index in [1.807, 2.05) is 6.07 Å². The van der Waals surface area contributed by atoms with E-state index in [9.17, 15) is 9.59 Å². The highest BCUT2D eigenvalue weighted by atomic mass is 35.5. The number of amides is 2. The highest BCUT2D eigenvalue weighted by Gasteiger charge is 2.15. The first-order chi connectivity index (χ1) is 15.9. The zero-order valence-corrected chi connectivity index (χ0v) is 19.4. The summed E-state index contributed by atoms with van der Waals surface area (Å²) in [6.45, 7) is 2.00. The lowest BCUT2D eigenvalue weighted by molar-refractivity contribution is -0.136. The van der Waals surface area contributed by atoms with Gasteiger partial charge in [-0.1, -0.05) is 41.4 Å². The van der Waals surface area contributed by atoms with E-state index in [1.54, 1.807) is 67.6 Å². The molecule has 0 spiro atoms. The van der Waals surface area contributed by atoms with Crippen molar-refractivity contribution in [2.75, 3.05) is 12.4 Å². The van der Waals surface area contributed by atoms with Crippen LogP contribution < -0.4 is 20.2 Å². The number of para-hydroxylation sites is 2. The second-order valence-electron chi connectivity index (χ2n) is 6.84. The Hall–Kier alpha value is -3.55. The van der Waals surface area contributed by atoms with Gasteiger partial charge in [-0.25, -0.2) is 5.43 Å². The molecular formula is C24H21Cl2N3O4. The van der Waals surface area contributed by atoms with Crippen LogP contribution in [0.15, 0.2) is 71.8 Å². The Morgan fingerprint density at radius 3 is 2.39 bits per heavy atom. The van der Waals surface area contributed by atoms with Crippen LogP contribution in [0.5, 0.6) is 11.5 Å². The van der Waals surface area contributed by atoms with Gasteiger partial charge in [0, 0.05) is 15.6 Å². The van der Waals surface area contributed by atoms with Gasteiger partial charge in [0.05, 0.1) is 18.5 Å². The molecule has 3 aromatic carbocycles. The number of rotatable bonds is 7. The van der Waals surface area contributed by atoms with Gasteiger partial charge in [-0.3, -0.25) is 9.59 Å². The van der Waals surface area contributed by atoms with Gasteiger partial charge in [-0.15, -0.1) is 0 Å². The molecule has 9 heteroatoms. The molecule has 0 bridgehead atoms. The van der Waals surface area contributed by atoms with E-state index < -0.39 is 11.8 Å². The first kappa shape index (κ1) is 24.1. The molecule has 170 valence electrons. The highest BCUT2D eigenvalue weighted by molar-refractivity contribution is 6.39. The molecule has 0 fully saturated rings. The van der Waals surface area contributed by atoms with Crippen molar-refractivity contribution in [3.8, 4) is 11.5 Å². The Morgan fingerprint density at radius 2 is 1.70 bits per heavy atom. The Kier molecular flexibility index (Phi) is 8.29. The number of nitrogens with one attached hydrogen (secondary N) is 2. The fourth-order valence-electron chi connectivity index (χ4n) is 2.77. The number of hydrogen-bond acceptors (Lipinski definition) is 5. The summed E-state index contributed by atoms with van der Waals surface area (Å²) in [6, 6.07) is 19.1. The van der Waals surface area contributed by atoms with Crippen molar-refractivity contribution in [2.45, 2.75) is 13.5 Å². The molecule has 0 radical (unpaired) electrons. The maximum atomic E-state index is 12.1. The van der Waals surface area contributed by atoms with Crippen molar-refractivity contribution < 1.29 is 19.1 Å². The molecule has 0 aliphatic heterocycles. The maximum absolute atomic E-state index is 12.1. The third-order valence-corrected chi connectivity index (χ3v) is 5.16. The molecule has 0 heterocycles. The second kappa shape index (κ2) is 11.4. The minimum Gasteiger partial charge on any atom is -0.495 e. The van der Waals surface area contributed by atoms with Crippen LogP contribution in [-0.4, -0.2) is 24.6 Å². The minimum atomic E-state index is -0.903. The quantitative estimate of drug-likeness (QED) is 0.278. The zero-order valence-electron chi connectivity index (χ0n) is 17.9. The molecule has 2 N–H and O–H groups in total. The molecule has 33 heavy (non-hydrogen) atoms. The summed E-state index contributed by atoms with van der Waals surface area (Å²) in [5.41, 5.74) is 4.71. The monoisotopic (exact) mass is 485 g/mol. The van der Waals surface area contributed by atoms with Crippen LogP contribution in [0.3, 0.4) is 0 Å². The normalized spacial score (nSPS) is 11.0. The number of halogens is 2. The standard InChI is InChI=1S/C24H21Cl2N3O4/c1-15(28-29-24(31)23(30)27-21-5-3-4-6-22(21)32-2)16-8-11-19(12-9-16)33-14-17-7-10-18(25)13-20(17)26/h3-13H,14H2,1-2H3,(H,27,30)(H,29,31). The van der Waals surface area contributed by atoms with E-state index in [2.05, 4.69) is 15.8 Å². The molecular weight excluding hydrogens is 465 g/mol. The number of carbonyl (C=O) groups excluding carboxylic acids is 2. The predicted octanol–water partition coefficient (Wildman–Crippen LogP) is 5.06. The van der Waals surface area contributed by atoms with Gasteiger partial charge < -0.3 is 14.8 Å². The smallest absolute Gasteiger partial charge is 0.329 e. The summed E-state index contributed by atoms with van der Waals surface area (Å²) < 4.78 is 10.9. The van der Waals surface area contributed by atoms with Crippen molar-refractivity contribution in [2.24, 2.45) is 5.10 Å². The topological polar surface area (TPSA) is 89.0 Å². The van der Waals surface area contributed by atoms with Crippen LogP contribution in [0.4, 0.5) is 5.69 Å². The van der Waals surface area contributed by atoms with Crippen LogP contribution in [0.25, 0.3) is 0 Å². The van der Waals surface area contributed by atoms with E-state index in [-0.39, 0.29) is 0 Å². The van der Waals surface area contributed by atoms with E-state index in [0.717, 1.165) is 11.1 Å². The lowest BCUT2D eigenvalue weighted by Gasteiger charge is -2.10. The lowest BCUT2D eigenvalue weighted by Crippen LogP contribution is -2.33. The number of hydrazone groups is 1. The molecule has 3 aromatic rings. The minimum absolute atomic E-state index is 0.291. The second-order valence-corrected chi connectivity index (χ2v) is 7.68. The first-order valence-corrected chi connectivity index (χ1v) is 10.6. The van der Waals surface area contributed by atoms with Crippen molar-refractivity contribution in [1.82, 2.24) is 5.43 Å². The van der Waals surface area contributed by atoms with Gasteiger partial charge in [0.25, 0.3) is 0 Å². The Morgan fingerprint density at radius 1 is 0.970 bits per heavy atom. The van der Waals surface area contributed by atoms with Crippen LogP contribution in [-0.2, 0) is 16.2 Å². The first-order valence-electron chi connectivity index (χ1n) is 9.83. The third kappa shape index (κ3) is 6.71. The number of carbonyl (C=O) groups is 2. The van der Waals surface area contributed by atoms with Crippen molar-refractivity contribution in [3.63, 3.8) is 0 Å². The fraction of sp³-hybridized carbons (Fsp3) is 0.125. The lowest BCUT2D eigenvalue weighted by atomic mass is 10.1. The van der Waals surface area contributed by atoms with E-state index in [0.29, 0.717) is 39.6 Å². The summed E-state index contributed by atoms with van der Waals surface area (Å²) in [5, 5.41) is 7.58. The Labute approximate surface area is 201 Å². The van der Waals surface area contributed by atoms with E-state index in [1.165, 1.54) is 7.11 Å². The van der Waals surface area contributed by atoms with Gasteiger partial charge in [-0.2, -0.15) is 5.10 Å². The number of ether oxygens (including phenoxy) is 2. The molecule has 0 unspecified atom stereocenters. The van der Waals surface area contributed by atoms with Crippen LogP contribution in [0.1, 0.15) is 18.1 Å². The number of methoxy groups -OCH3 is 1. The van der Waals surface area contributed by atoms with Crippen molar-refractivity contribution in [1.29, 1.82) is 0 Å². The number of hydrogen-bond donors (Lipinski definition) is 2. The predicted molar refractivity (Wildman–Crippen MR) is 129 cm³/mol. The van der Waals surface area contributed by atoms with Crippen LogP contribution in [0.2, 0.25) is 10.0 Å². The SMILES string of the molecule is COc1ccccc1NC(=O)C(=O)NN=C(C)c1ccc(OCc2ccc(Cl)cc2Cl)cc1. The number of benzene rings is 3. The average molecular weight is 486 g/mol. The molecule has 0 saturated heterocycles. The molecule has 0 saturated carbocycles. The van der Waals surface area contributed by atoms with Crippen molar-refractivity contribution in [3.05, 3.63) is 87.9 Å². The van der Waals surface area contributed by atoms with Gasteiger partial charge in [-0.05, 0) is 61.0 Å². The van der Waals surface area contributed by atoms with E-state index >= 15 is 0 Å². The van der Waals surface area contributed by atoms with Crippen LogP contribution in [0, 0.1) is 0 Å². The van der Waals surface area contributed by atoms with E-state index in [4.69, 9.17) is 32.7 Å². The molecule has 0 atom stereocenters. The van der Waals surface area contributed by atoms with Gasteiger partial charge >= 0.3 is 11.8 Å². The van der Waals surface area contributed by atoms with Crippen molar-refractivity contribution >= 4 is 46.4 Å². The average Bonchev–Trinajstić information content (AvgIpc) is 2.82. The summed E-state index contributed by atoms with van der Waals surface area (Å²) >= 11 is 12.1. The van der Waals surface area contributed by atoms with Crippen LogP contribution >= 0.6 is 23.2 Å². The third-order valence-electron chi connectivity index (χ3n) is 4.57. The molecule has 2 amide bonds. The van der Waals surface area contributed by atoms with Gasteiger partial charge in [0.15, 0.2) is 0 Å². The summed E-state index contributed by atoms with van der Waals surface area (Å²) in [4.78, 5) is 24.2. The molecule has 0 aliphatic rings. The molecule has 7 nitrogen and oxygen atoms in total. The number of nitrogens with zero attached hydrogens (tertiary/aromatic N) is 1. The zero-order chi connectivity index (χ0) is 23.8. The fourth-order valence-corrected chi connectivity index (χ4v) is 3.23. The Bertz CT molecular complexity index is 1180. The maximum Gasteiger partial charge on any atom is 0.329 e. The number of anilines is 1. The van der Waals surface area contributed by atoms with Gasteiger partial charge in [0.1, 0.15) is 18.1 Å². The highest BCUT2D eigenvalue weighted by Crippen LogP contribution is 2.24. The van der Waals surface area contributed by atoms with Gasteiger partial charge in [0.2, 0.25) is 0 Å².